The summed E-state index contributed by atoms with van der Waals surface area (Å²) >= 11 is 0. The van der Waals surface area contributed by atoms with Gasteiger partial charge < -0.3 is 14.7 Å². The monoisotopic (exact) mass is 430 g/mol. The predicted molar refractivity (Wildman–Crippen MR) is 109 cm³/mol. The molecule has 162 valence electrons. The zero-order chi connectivity index (χ0) is 20.2. The van der Waals surface area contributed by atoms with E-state index in [-0.39, 0.29) is 31.9 Å². The molecule has 0 radical (unpaired) electrons. The molecule has 0 bridgehead atoms. The zero-order valence-electron chi connectivity index (χ0n) is 16.4. The highest BCUT2D eigenvalue weighted by Gasteiger charge is 2.54. The molecule has 1 aliphatic heterocycles. The van der Waals surface area contributed by atoms with Crippen LogP contribution >= 0.6 is 12.4 Å². The number of benzene rings is 1. The molecule has 1 saturated carbocycles. The summed E-state index contributed by atoms with van der Waals surface area (Å²) in [7, 11) is 0. The maximum atomic E-state index is 13.8. The van der Waals surface area contributed by atoms with Crippen LogP contribution in [0.25, 0.3) is 0 Å². The minimum absolute atomic E-state index is 0. The summed E-state index contributed by atoms with van der Waals surface area (Å²) in [5.41, 5.74) is -1.76. The molecule has 8 heteroatoms. The maximum absolute atomic E-state index is 13.8. The molecule has 1 aromatic carbocycles. The van der Waals surface area contributed by atoms with Crippen LogP contribution < -0.4 is 0 Å². The highest BCUT2D eigenvalue weighted by Crippen LogP contribution is 2.47. The van der Waals surface area contributed by atoms with Crippen LogP contribution in [-0.2, 0) is 15.1 Å². The summed E-state index contributed by atoms with van der Waals surface area (Å²) in [6, 6.07) is 8.27. The Kier molecular flexibility index (Phi) is 8.00. The largest absolute Gasteiger partial charge is 0.463 e. The number of carbonyl (C=O) groups is 1. The summed E-state index contributed by atoms with van der Waals surface area (Å²) in [5, 5.41) is 18.6. The second kappa shape index (κ2) is 9.85. The van der Waals surface area contributed by atoms with Gasteiger partial charge >= 0.3 is 5.97 Å². The van der Waals surface area contributed by atoms with Gasteiger partial charge in [0, 0.05) is 31.8 Å². The maximum Gasteiger partial charge on any atom is 0.343 e. The molecule has 1 aromatic rings. The molecule has 29 heavy (non-hydrogen) atoms. The van der Waals surface area contributed by atoms with Gasteiger partial charge in [0.15, 0.2) is 5.60 Å². The number of nitrogens with one attached hydrogen (secondary N) is 1. The molecular formula is C21H29ClF2N2O3. The van der Waals surface area contributed by atoms with Gasteiger partial charge in [0.05, 0.1) is 12.9 Å². The number of likely N-dealkylation sites (tertiary alicyclic amines) is 1. The number of aliphatic hydroxyl groups is 1. The number of piperidine rings is 1. The first-order valence-electron chi connectivity index (χ1n) is 9.93. The van der Waals surface area contributed by atoms with E-state index in [9.17, 15) is 18.7 Å². The second-order valence-electron chi connectivity index (χ2n) is 7.98. The Labute approximate surface area is 176 Å². The van der Waals surface area contributed by atoms with Crippen LogP contribution in [0.4, 0.5) is 8.78 Å². The average Bonchev–Trinajstić information content (AvgIpc) is 3.08. The molecule has 0 unspecified atom stereocenters. The van der Waals surface area contributed by atoms with Crippen molar-refractivity contribution in [2.24, 2.45) is 11.8 Å². The Bertz CT molecular complexity index is 692. The molecule has 2 aliphatic rings. The van der Waals surface area contributed by atoms with Gasteiger partial charge in [-0.1, -0.05) is 30.3 Å². The Morgan fingerprint density at radius 3 is 2.69 bits per heavy atom. The van der Waals surface area contributed by atoms with Crippen LogP contribution in [0.5, 0.6) is 0 Å². The van der Waals surface area contributed by atoms with Crippen molar-refractivity contribution >= 4 is 24.7 Å². The number of esters is 1. The summed E-state index contributed by atoms with van der Waals surface area (Å²) in [6.07, 6.45) is 3.16. The third-order valence-electron chi connectivity index (χ3n) is 6.01. The number of hydrogen-bond acceptors (Lipinski definition) is 4. The number of ether oxygens (including phenoxy) is 1. The van der Waals surface area contributed by atoms with Gasteiger partial charge in [-0.05, 0) is 37.2 Å². The quantitative estimate of drug-likeness (QED) is 0.390. The summed E-state index contributed by atoms with van der Waals surface area (Å²) in [4.78, 5) is 14.8. The van der Waals surface area contributed by atoms with Gasteiger partial charge in [-0.2, -0.15) is 0 Å². The van der Waals surface area contributed by atoms with E-state index in [4.69, 9.17) is 10.1 Å². The number of rotatable bonds is 7. The lowest BCUT2D eigenvalue weighted by Gasteiger charge is -2.33. The molecule has 1 saturated heterocycles. The molecular weight excluding hydrogens is 402 g/mol. The minimum atomic E-state index is -2.87. The lowest BCUT2D eigenvalue weighted by molar-refractivity contribution is -0.175. The first kappa shape index (κ1) is 23.5. The fraction of sp³-hybridized carbons (Fsp3) is 0.619. The lowest BCUT2D eigenvalue weighted by atomic mass is 9.80. The van der Waals surface area contributed by atoms with E-state index in [0.29, 0.717) is 17.9 Å². The fourth-order valence-corrected chi connectivity index (χ4v) is 4.40. The van der Waals surface area contributed by atoms with E-state index in [1.54, 1.807) is 30.3 Å². The molecule has 0 amide bonds. The van der Waals surface area contributed by atoms with E-state index in [0.717, 1.165) is 25.9 Å². The molecule has 2 N–H and O–H groups in total. The molecule has 1 aliphatic carbocycles. The van der Waals surface area contributed by atoms with Crippen molar-refractivity contribution in [3.8, 4) is 0 Å². The van der Waals surface area contributed by atoms with Crippen LogP contribution in [0.15, 0.2) is 30.3 Å². The van der Waals surface area contributed by atoms with Gasteiger partial charge in [-0.3, -0.25) is 5.41 Å². The molecule has 0 aromatic heterocycles. The number of halogens is 3. The molecule has 5 nitrogen and oxygen atoms in total. The van der Waals surface area contributed by atoms with E-state index in [2.05, 4.69) is 0 Å². The second-order valence-corrected chi connectivity index (χ2v) is 7.98. The Hall–Kier alpha value is -1.73. The Morgan fingerprint density at radius 2 is 2.07 bits per heavy atom. The first-order chi connectivity index (χ1) is 13.3. The smallest absolute Gasteiger partial charge is 0.343 e. The van der Waals surface area contributed by atoms with Gasteiger partial charge in [-0.25, -0.2) is 13.6 Å². The van der Waals surface area contributed by atoms with E-state index >= 15 is 0 Å². The fourth-order valence-electron chi connectivity index (χ4n) is 4.40. The SMILES string of the molecule is Cl.N=CN1CCC[C@@H](CCOC(=O)[C@](O)(c2ccccc2)[C@@H]2CCC(F)(F)C2)C1. The number of hydrogen-bond donors (Lipinski definition) is 2. The highest BCUT2D eigenvalue weighted by molar-refractivity contribution is 5.85. The molecule has 2 fully saturated rings. The van der Waals surface area contributed by atoms with Crippen LogP contribution in [0, 0.1) is 17.2 Å². The number of carbonyl (C=O) groups excluding carboxylic acids is 1. The van der Waals surface area contributed by atoms with Crippen molar-refractivity contribution in [2.45, 2.75) is 50.0 Å². The summed E-state index contributed by atoms with van der Waals surface area (Å²) < 4.78 is 33.0. The zero-order valence-corrected chi connectivity index (χ0v) is 17.2. The lowest BCUT2D eigenvalue weighted by Crippen LogP contribution is -2.44. The van der Waals surface area contributed by atoms with Crippen molar-refractivity contribution in [1.82, 2.24) is 4.90 Å². The summed E-state index contributed by atoms with van der Waals surface area (Å²) in [5.74, 6) is -4.28. The van der Waals surface area contributed by atoms with E-state index in [1.807, 2.05) is 4.90 Å². The topological polar surface area (TPSA) is 73.6 Å². The van der Waals surface area contributed by atoms with Gasteiger partial charge in [0.25, 0.3) is 0 Å². The van der Waals surface area contributed by atoms with Crippen LogP contribution in [0.2, 0.25) is 0 Å². The van der Waals surface area contributed by atoms with Crippen molar-refractivity contribution in [3.05, 3.63) is 35.9 Å². The first-order valence-corrected chi connectivity index (χ1v) is 9.93. The molecule has 1 heterocycles. The standard InChI is InChI=1S/C21H28F2N2O3.ClH/c22-20(23)10-8-18(13-20)21(27,17-6-2-1-3-7-17)19(26)28-12-9-16-5-4-11-25(14-16)15-24;/h1-3,6-7,15-16,18,24,27H,4-5,8-14H2;1H/t16-,18+,21-;/m0./s1. The summed E-state index contributed by atoms with van der Waals surface area (Å²) in [6.45, 7) is 1.75. The van der Waals surface area contributed by atoms with Crippen molar-refractivity contribution in [3.63, 3.8) is 0 Å². The molecule has 3 atom stereocenters. The molecule has 3 rings (SSSR count). The van der Waals surface area contributed by atoms with Crippen LogP contribution in [0.3, 0.4) is 0 Å². The molecule has 0 spiro atoms. The normalized spacial score (nSPS) is 25.6. The third-order valence-corrected chi connectivity index (χ3v) is 6.01. The van der Waals surface area contributed by atoms with Crippen molar-refractivity contribution < 1.29 is 23.4 Å². The van der Waals surface area contributed by atoms with Crippen molar-refractivity contribution in [1.29, 1.82) is 5.41 Å². The number of alkyl halides is 2. The average molecular weight is 431 g/mol. The predicted octanol–water partition coefficient (Wildman–Crippen LogP) is 3.98. The van der Waals surface area contributed by atoms with Gasteiger partial charge in [0.2, 0.25) is 5.92 Å². The van der Waals surface area contributed by atoms with Gasteiger partial charge in [-0.15, -0.1) is 12.4 Å². The van der Waals surface area contributed by atoms with Crippen molar-refractivity contribution in [2.75, 3.05) is 19.7 Å². The van der Waals surface area contributed by atoms with E-state index < -0.39 is 29.8 Å². The van der Waals surface area contributed by atoms with E-state index in [1.165, 1.54) is 6.34 Å². The van der Waals surface area contributed by atoms with Crippen LogP contribution in [-0.4, -0.2) is 47.9 Å². The van der Waals surface area contributed by atoms with Gasteiger partial charge in [0.1, 0.15) is 0 Å². The highest BCUT2D eigenvalue weighted by atomic mass is 35.5. The Morgan fingerprint density at radius 1 is 1.34 bits per heavy atom. The minimum Gasteiger partial charge on any atom is -0.463 e. The number of nitrogens with zero attached hydrogens (tertiary/aromatic N) is 1. The third kappa shape index (κ3) is 5.45. The Balaban J connectivity index is 0.00000300. The van der Waals surface area contributed by atoms with Crippen LogP contribution in [0.1, 0.15) is 44.1 Å².